The van der Waals surface area contributed by atoms with E-state index in [1.54, 1.807) is 24.3 Å². The number of rotatable bonds is 6. The van der Waals surface area contributed by atoms with Crippen molar-refractivity contribution in [1.82, 2.24) is 4.90 Å². The molecule has 1 atom stereocenters. The van der Waals surface area contributed by atoms with Crippen LogP contribution in [0.3, 0.4) is 0 Å². The quantitative estimate of drug-likeness (QED) is 0.786. The number of aryl methyl sites for hydroxylation is 1. The zero-order valence-electron chi connectivity index (χ0n) is 14.9. The number of anilines is 1. The first-order valence-corrected chi connectivity index (χ1v) is 9.89. The van der Waals surface area contributed by atoms with Crippen LogP contribution in [0.25, 0.3) is 0 Å². The highest BCUT2D eigenvalue weighted by Crippen LogP contribution is 2.22. The van der Waals surface area contributed by atoms with Gasteiger partial charge in [0, 0.05) is 16.8 Å². The number of nitrogens with two attached hydrogens (primary N) is 1. The van der Waals surface area contributed by atoms with Crippen molar-refractivity contribution in [3.63, 3.8) is 0 Å². The van der Waals surface area contributed by atoms with Crippen LogP contribution in [0, 0.1) is 6.92 Å². The summed E-state index contributed by atoms with van der Waals surface area (Å²) in [5.74, 6) is -0.166. The normalized spacial score (nSPS) is 12.8. The Labute approximate surface area is 159 Å². The van der Waals surface area contributed by atoms with Crippen LogP contribution in [0.15, 0.2) is 47.4 Å². The molecule has 2 rings (SSSR count). The third-order valence-electron chi connectivity index (χ3n) is 4.20. The van der Waals surface area contributed by atoms with Gasteiger partial charge in [-0.15, -0.1) is 0 Å². The van der Waals surface area contributed by atoms with Gasteiger partial charge < -0.3 is 5.32 Å². The van der Waals surface area contributed by atoms with Crippen molar-refractivity contribution in [2.75, 3.05) is 18.9 Å². The van der Waals surface area contributed by atoms with Crippen LogP contribution in [0.4, 0.5) is 5.69 Å². The second-order valence-electron chi connectivity index (χ2n) is 6.22. The first-order chi connectivity index (χ1) is 12.1. The number of benzene rings is 2. The Balaban J connectivity index is 2.00. The zero-order chi connectivity index (χ0) is 19.5. The van der Waals surface area contributed by atoms with Crippen molar-refractivity contribution in [2.45, 2.75) is 24.8 Å². The molecule has 0 radical (unpaired) electrons. The maximum absolute atomic E-state index is 12.2. The number of nitrogens with zero attached hydrogens (tertiary/aromatic N) is 1. The van der Waals surface area contributed by atoms with E-state index in [-0.39, 0.29) is 23.4 Å². The van der Waals surface area contributed by atoms with Crippen LogP contribution < -0.4 is 10.5 Å². The molecule has 0 saturated heterocycles. The molecule has 2 aromatic carbocycles. The van der Waals surface area contributed by atoms with Gasteiger partial charge in [-0.1, -0.05) is 29.8 Å². The van der Waals surface area contributed by atoms with Gasteiger partial charge in [0.15, 0.2) is 0 Å². The highest BCUT2D eigenvalue weighted by atomic mass is 35.5. The summed E-state index contributed by atoms with van der Waals surface area (Å²) in [6, 6.07) is 11.6. The molecule has 2 aromatic rings. The monoisotopic (exact) mass is 395 g/mol. The maximum atomic E-state index is 12.2. The maximum Gasteiger partial charge on any atom is 0.238 e. The lowest BCUT2D eigenvalue weighted by molar-refractivity contribution is -0.117. The Hall–Kier alpha value is -1.93. The first kappa shape index (κ1) is 20.4. The lowest BCUT2D eigenvalue weighted by atomic mass is 10.1. The molecule has 8 heteroatoms. The summed E-state index contributed by atoms with van der Waals surface area (Å²) >= 11 is 6.06. The molecule has 0 aromatic heterocycles. The van der Waals surface area contributed by atoms with Crippen molar-refractivity contribution in [3.8, 4) is 0 Å². The fraction of sp³-hybridized carbons (Fsp3) is 0.278. The van der Waals surface area contributed by atoms with Crippen molar-refractivity contribution >= 4 is 33.2 Å². The van der Waals surface area contributed by atoms with Gasteiger partial charge in [-0.2, -0.15) is 0 Å². The number of hydrogen-bond acceptors (Lipinski definition) is 4. The van der Waals surface area contributed by atoms with E-state index in [9.17, 15) is 13.2 Å². The number of primary sulfonamides is 1. The van der Waals surface area contributed by atoms with Crippen LogP contribution in [-0.2, 0) is 14.8 Å². The van der Waals surface area contributed by atoms with E-state index in [1.165, 1.54) is 12.1 Å². The van der Waals surface area contributed by atoms with E-state index < -0.39 is 10.0 Å². The molecular weight excluding hydrogens is 374 g/mol. The highest BCUT2D eigenvalue weighted by molar-refractivity contribution is 7.89. The SMILES string of the molecule is Cc1ccc(NC(=O)CN(C)C(C)c2ccc(S(N)(=O)=O)cc2)cc1Cl. The summed E-state index contributed by atoms with van der Waals surface area (Å²) in [6.07, 6.45) is 0. The van der Waals surface area contributed by atoms with E-state index in [4.69, 9.17) is 16.7 Å². The van der Waals surface area contributed by atoms with E-state index >= 15 is 0 Å². The van der Waals surface area contributed by atoms with E-state index in [2.05, 4.69) is 5.32 Å². The van der Waals surface area contributed by atoms with Crippen LogP contribution >= 0.6 is 11.6 Å². The summed E-state index contributed by atoms with van der Waals surface area (Å²) in [7, 11) is -1.89. The molecule has 0 heterocycles. The van der Waals surface area contributed by atoms with Crippen molar-refractivity contribution in [2.24, 2.45) is 5.14 Å². The largest absolute Gasteiger partial charge is 0.325 e. The van der Waals surface area contributed by atoms with Crippen molar-refractivity contribution < 1.29 is 13.2 Å². The van der Waals surface area contributed by atoms with Gasteiger partial charge in [-0.05, 0) is 56.3 Å². The molecule has 0 saturated carbocycles. The molecule has 0 spiro atoms. The summed E-state index contributed by atoms with van der Waals surface area (Å²) in [5.41, 5.74) is 2.47. The lowest BCUT2D eigenvalue weighted by Crippen LogP contribution is -2.32. The molecule has 1 unspecified atom stereocenters. The number of hydrogen-bond donors (Lipinski definition) is 2. The number of carbonyl (C=O) groups excluding carboxylic acids is 1. The smallest absolute Gasteiger partial charge is 0.238 e. The molecular formula is C18H22ClN3O3S. The van der Waals surface area contributed by atoms with Crippen molar-refractivity contribution in [3.05, 3.63) is 58.6 Å². The lowest BCUT2D eigenvalue weighted by Gasteiger charge is -2.24. The molecule has 0 bridgehead atoms. The fourth-order valence-corrected chi connectivity index (χ4v) is 3.12. The second-order valence-corrected chi connectivity index (χ2v) is 8.19. The summed E-state index contributed by atoms with van der Waals surface area (Å²) in [5, 5.41) is 8.51. The molecule has 140 valence electrons. The topological polar surface area (TPSA) is 92.5 Å². The third kappa shape index (κ3) is 5.28. The van der Waals surface area contributed by atoms with Crippen molar-refractivity contribution in [1.29, 1.82) is 0 Å². The van der Waals surface area contributed by atoms with Gasteiger partial charge in [0.05, 0.1) is 11.4 Å². The Morgan fingerprint density at radius 1 is 1.23 bits per heavy atom. The van der Waals surface area contributed by atoms with E-state index in [0.717, 1.165) is 11.1 Å². The number of sulfonamides is 1. The van der Waals surface area contributed by atoms with E-state index in [0.29, 0.717) is 10.7 Å². The average Bonchev–Trinajstić information content (AvgIpc) is 2.56. The predicted octanol–water partition coefficient (Wildman–Crippen LogP) is 2.93. The van der Waals surface area contributed by atoms with Gasteiger partial charge in [0.1, 0.15) is 0 Å². The molecule has 0 fully saturated rings. The third-order valence-corrected chi connectivity index (χ3v) is 5.54. The van der Waals surface area contributed by atoms with E-state index in [1.807, 2.05) is 31.9 Å². The Kier molecular flexibility index (Phi) is 6.41. The molecule has 0 aliphatic carbocycles. The van der Waals surface area contributed by atoms with Gasteiger partial charge in [-0.3, -0.25) is 9.69 Å². The predicted molar refractivity (Wildman–Crippen MR) is 104 cm³/mol. The molecule has 0 aliphatic heterocycles. The second kappa shape index (κ2) is 8.18. The molecule has 1 amide bonds. The number of likely N-dealkylation sites (N-methyl/N-ethyl adjacent to an activating group) is 1. The average molecular weight is 396 g/mol. The van der Waals surface area contributed by atoms with Gasteiger partial charge in [0.25, 0.3) is 0 Å². The number of amides is 1. The zero-order valence-corrected chi connectivity index (χ0v) is 16.4. The minimum Gasteiger partial charge on any atom is -0.325 e. The number of carbonyl (C=O) groups is 1. The summed E-state index contributed by atoms with van der Waals surface area (Å²) in [4.78, 5) is 14.2. The molecule has 6 nitrogen and oxygen atoms in total. The van der Waals surface area contributed by atoms with Gasteiger partial charge in [-0.25, -0.2) is 13.6 Å². The fourth-order valence-electron chi connectivity index (χ4n) is 2.43. The molecule has 0 aliphatic rings. The molecule has 26 heavy (non-hydrogen) atoms. The Morgan fingerprint density at radius 3 is 2.38 bits per heavy atom. The van der Waals surface area contributed by atoms with Crippen LogP contribution in [-0.4, -0.2) is 32.8 Å². The van der Waals surface area contributed by atoms with Crippen LogP contribution in [0.5, 0.6) is 0 Å². The minimum atomic E-state index is -3.71. The summed E-state index contributed by atoms with van der Waals surface area (Å²) in [6.45, 7) is 4.00. The van der Waals surface area contributed by atoms with Gasteiger partial charge in [0.2, 0.25) is 15.9 Å². The molecule has 3 N–H and O–H groups in total. The first-order valence-electron chi connectivity index (χ1n) is 7.97. The summed E-state index contributed by atoms with van der Waals surface area (Å²) < 4.78 is 22.6. The minimum absolute atomic E-state index is 0.0603. The van der Waals surface area contributed by atoms with Gasteiger partial charge >= 0.3 is 0 Å². The Bertz CT molecular complexity index is 898. The standard InChI is InChI=1S/C18H22ClN3O3S/c1-12-4-7-15(10-17(12)19)21-18(23)11-22(3)13(2)14-5-8-16(9-6-14)26(20,24)25/h4-10,13H,11H2,1-3H3,(H,21,23)(H2,20,24,25). The number of halogens is 1. The van der Waals surface area contributed by atoms with Crippen LogP contribution in [0.1, 0.15) is 24.1 Å². The number of nitrogens with one attached hydrogen (secondary N) is 1. The van der Waals surface area contributed by atoms with Crippen LogP contribution in [0.2, 0.25) is 5.02 Å². The highest BCUT2D eigenvalue weighted by Gasteiger charge is 2.16. The Morgan fingerprint density at radius 2 is 1.85 bits per heavy atom.